The van der Waals surface area contributed by atoms with Crippen molar-refractivity contribution in [3.8, 4) is 0 Å². The summed E-state index contributed by atoms with van der Waals surface area (Å²) in [6.07, 6.45) is 2.39. The van der Waals surface area contributed by atoms with Crippen LogP contribution in [0.1, 0.15) is 24.5 Å². The molecule has 0 saturated heterocycles. The molecule has 1 aromatic heterocycles. The first-order valence-corrected chi connectivity index (χ1v) is 5.97. The highest BCUT2D eigenvalue weighted by atomic mass is 79.9. The van der Waals surface area contributed by atoms with Gasteiger partial charge in [0.05, 0.1) is 5.69 Å². The topological polar surface area (TPSA) is 29.9 Å². The monoisotopic (exact) mass is 277 g/mol. The Labute approximate surface area is 97.0 Å². The van der Waals surface area contributed by atoms with Crippen molar-refractivity contribution in [2.24, 2.45) is 0 Å². The van der Waals surface area contributed by atoms with E-state index < -0.39 is 0 Å². The average Bonchev–Trinajstić information content (AvgIpc) is 2.44. The highest BCUT2D eigenvalue weighted by Gasteiger charge is 2.25. The molecule has 0 amide bonds. The number of aromatic nitrogens is 2. The molecule has 1 aliphatic heterocycles. The normalized spacial score (nSPS) is 20.9. The largest absolute Gasteiger partial charge is 0.321 e. The molecule has 1 aromatic rings. The zero-order chi connectivity index (χ0) is 10.1. The van der Waals surface area contributed by atoms with Crippen LogP contribution in [0, 0.1) is 0 Å². The Hall–Kier alpha value is -0.0600. The molecule has 0 radical (unpaired) electrons. The minimum atomic E-state index is 0.500. The molecule has 1 aliphatic rings. The first kappa shape index (κ1) is 10.5. The Bertz CT molecular complexity index is 337. The minimum absolute atomic E-state index is 0.500. The van der Waals surface area contributed by atoms with Gasteiger partial charge in [-0.1, -0.05) is 11.6 Å². The lowest BCUT2D eigenvalue weighted by atomic mass is 9.96. The molecule has 0 bridgehead atoms. The van der Waals surface area contributed by atoms with Gasteiger partial charge in [0.1, 0.15) is 0 Å². The first-order chi connectivity index (χ1) is 6.74. The first-order valence-electron chi connectivity index (χ1n) is 4.80. The summed E-state index contributed by atoms with van der Waals surface area (Å²) in [6.45, 7) is 1.99. The van der Waals surface area contributed by atoms with E-state index in [9.17, 15) is 0 Å². The second kappa shape index (κ2) is 4.21. The zero-order valence-electron chi connectivity index (χ0n) is 8.06. The predicted octanol–water partition coefficient (Wildman–Crippen LogP) is 2.40. The van der Waals surface area contributed by atoms with Crippen LogP contribution in [0.25, 0.3) is 0 Å². The van der Waals surface area contributed by atoms with E-state index in [2.05, 4.69) is 30.8 Å². The molecule has 3 nitrogen and oxygen atoms in total. The van der Waals surface area contributed by atoms with Crippen LogP contribution < -0.4 is 5.32 Å². The van der Waals surface area contributed by atoms with Crippen molar-refractivity contribution in [2.45, 2.75) is 25.3 Å². The number of likely N-dealkylation sites (N-methyl/N-ethyl adjacent to an activating group) is 1. The van der Waals surface area contributed by atoms with Gasteiger partial charge in [0.25, 0.3) is 0 Å². The molecule has 1 unspecified atom stereocenters. The highest BCUT2D eigenvalue weighted by Crippen LogP contribution is 2.34. The number of halogens is 2. The second-order valence-electron chi connectivity index (χ2n) is 3.61. The van der Waals surface area contributed by atoms with E-state index in [1.165, 1.54) is 18.5 Å². The number of hydrogen-bond acceptors (Lipinski definition) is 2. The average molecular weight is 279 g/mol. The summed E-state index contributed by atoms with van der Waals surface area (Å²) in [6, 6.07) is 0. The molecule has 2 heterocycles. The van der Waals surface area contributed by atoms with Crippen LogP contribution in [0.15, 0.2) is 4.73 Å². The van der Waals surface area contributed by atoms with Crippen molar-refractivity contribution in [3.63, 3.8) is 0 Å². The van der Waals surface area contributed by atoms with Gasteiger partial charge < -0.3 is 9.88 Å². The summed E-state index contributed by atoms with van der Waals surface area (Å²) in [5.74, 6) is 0.500. The van der Waals surface area contributed by atoms with Crippen LogP contribution in [0.2, 0.25) is 5.15 Å². The molecule has 14 heavy (non-hydrogen) atoms. The van der Waals surface area contributed by atoms with Gasteiger partial charge in [0, 0.05) is 19.0 Å². The molecule has 5 heteroatoms. The third-order valence-corrected chi connectivity index (χ3v) is 3.57. The molecular formula is C9H13BrClN3. The van der Waals surface area contributed by atoms with Crippen LogP contribution in [0.3, 0.4) is 0 Å². The highest BCUT2D eigenvalue weighted by molar-refractivity contribution is 9.10. The Morgan fingerprint density at radius 2 is 2.50 bits per heavy atom. The Morgan fingerprint density at radius 1 is 1.71 bits per heavy atom. The van der Waals surface area contributed by atoms with Crippen LogP contribution in [-0.2, 0) is 6.54 Å². The summed E-state index contributed by atoms with van der Waals surface area (Å²) in [5.41, 5.74) is 1.18. The molecule has 0 aromatic carbocycles. The third-order valence-electron chi connectivity index (χ3n) is 2.69. The summed E-state index contributed by atoms with van der Waals surface area (Å²) in [7, 11) is 1.97. The van der Waals surface area contributed by atoms with Crippen LogP contribution in [0.5, 0.6) is 0 Å². The maximum absolute atomic E-state index is 6.10. The third kappa shape index (κ3) is 1.71. The fraction of sp³-hybridized carbons (Fsp3) is 0.667. The fourth-order valence-corrected chi connectivity index (χ4v) is 3.07. The number of nitrogens with one attached hydrogen (secondary N) is 1. The molecule has 0 aliphatic carbocycles. The number of hydrogen-bond donors (Lipinski definition) is 1. The van der Waals surface area contributed by atoms with E-state index in [1.807, 2.05) is 7.05 Å². The zero-order valence-corrected chi connectivity index (χ0v) is 10.4. The SMILES string of the molecule is CNCC1CCCn2c(Br)nc(Cl)c21. The predicted molar refractivity (Wildman–Crippen MR) is 60.8 cm³/mol. The van der Waals surface area contributed by atoms with E-state index in [0.717, 1.165) is 17.8 Å². The van der Waals surface area contributed by atoms with E-state index in [4.69, 9.17) is 11.6 Å². The molecule has 78 valence electrons. The summed E-state index contributed by atoms with van der Waals surface area (Å²) < 4.78 is 3.03. The molecule has 0 spiro atoms. The van der Waals surface area contributed by atoms with Gasteiger partial charge in [-0.25, -0.2) is 4.98 Å². The maximum atomic E-state index is 6.10. The standard InChI is InChI=1S/C9H13BrClN3/c1-12-5-6-3-2-4-14-7(6)8(11)13-9(14)10/h6,12H,2-5H2,1H3. The van der Waals surface area contributed by atoms with E-state index >= 15 is 0 Å². The quantitative estimate of drug-likeness (QED) is 0.900. The van der Waals surface area contributed by atoms with Gasteiger partial charge in [-0.15, -0.1) is 0 Å². The van der Waals surface area contributed by atoms with Crippen molar-refractivity contribution >= 4 is 27.5 Å². The summed E-state index contributed by atoms with van der Waals surface area (Å²) in [4.78, 5) is 4.24. The Morgan fingerprint density at radius 3 is 3.21 bits per heavy atom. The smallest absolute Gasteiger partial charge is 0.178 e. The summed E-state index contributed by atoms with van der Waals surface area (Å²) in [5, 5.41) is 3.85. The number of imidazole rings is 1. The van der Waals surface area contributed by atoms with Gasteiger partial charge in [-0.2, -0.15) is 0 Å². The Kier molecular flexibility index (Phi) is 3.14. The summed E-state index contributed by atoms with van der Waals surface area (Å²) >= 11 is 9.53. The van der Waals surface area contributed by atoms with Crippen LogP contribution >= 0.6 is 27.5 Å². The Balaban J connectivity index is 2.37. The number of fused-ring (bicyclic) bond motifs is 1. The van der Waals surface area contributed by atoms with Gasteiger partial charge in [0.15, 0.2) is 9.89 Å². The number of rotatable bonds is 2. The van der Waals surface area contributed by atoms with Crippen molar-refractivity contribution < 1.29 is 0 Å². The van der Waals surface area contributed by atoms with Crippen LogP contribution in [-0.4, -0.2) is 23.1 Å². The van der Waals surface area contributed by atoms with Crippen molar-refractivity contribution in [3.05, 3.63) is 15.6 Å². The molecule has 0 saturated carbocycles. The van der Waals surface area contributed by atoms with E-state index in [1.54, 1.807) is 0 Å². The lowest BCUT2D eigenvalue weighted by molar-refractivity contribution is 0.439. The minimum Gasteiger partial charge on any atom is -0.321 e. The van der Waals surface area contributed by atoms with E-state index in [0.29, 0.717) is 11.1 Å². The maximum Gasteiger partial charge on any atom is 0.178 e. The molecule has 2 rings (SSSR count). The van der Waals surface area contributed by atoms with Gasteiger partial charge in [0.2, 0.25) is 0 Å². The van der Waals surface area contributed by atoms with Crippen molar-refractivity contribution in [1.82, 2.24) is 14.9 Å². The molecular weight excluding hydrogens is 265 g/mol. The van der Waals surface area contributed by atoms with Gasteiger partial charge in [-0.05, 0) is 35.8 Å². The van der Waals surface area contributed by atoms with Crippen molar-refractivity contribution in [1.29, 1.82) is 0 Å². The van der Waals surface area contributed by atoms with Gasteiger partial charge in [-0.3, -0.25) is 0 Å². The molecule has 1 N–H and O–H groups in total. The fourth-order valence-electron chi connectivity index (χ4n) is 2.09. The van der Waals surface area contributed by atoms with Crippen molar-refractivity contribution in [2.75, 3.05) is 13.6 Å². The molecule has 0 fully saturated rings. The molecule has 1 atom stereocenters. The number of nitrogens with zero attached hydrogens (tertiary/aromatic N) is 2. The van der Waals surface area contributed by atoms with Crippen LogP contribution in [0.4, 0.5) is 0 Å². The second-order valence-corrected chi connectivity index (χ2v) is 4.67. The van der Waals surface area contributed by atoms with Gasteiger partial charge >= 0.3 is 0 Å². The lowest BCUT2D eigenvalue weighted by Crippen LogP contribution is -2.24. The lowest BCUT2D eigenvalue weighted by Gasteiger charge is -2.24. The van der Waals surface area contributed by atoms with E-state index in [-0.39, 0.29) is 0 Å².